The van der Waals surface area contributed by atoms with Crippen molar-refractivity contribution in [2.24, 2.45) is 5.92 Å². The maximum atomic E-state index is 12.4. The molecule has 0 aliphatic carbocycles. The van der Waals surface area contributed by atoms with E-state index in [1.165, 1.54) is 12.1 Å². The molecule has 1 atom stereocenters. The molecule has 1 aromatic carbocycles. The standard InChI is InChI=1S/C13H17F2NO/c14-13(15)11-4-3-10(12(17)7-11)6-9-2-1-5-16-8-9/h3-4,7,9,13,16-17H,1-2,5-6,8H2. The molecule has 0 spiro atoms. The van der Waals surface area contributed by atoms with Gasteiger partial charge in [0, 0.05) is 5.56 Å². The summed E-state index contributed by atoms with van der Waals surface area (Å²) in [7, 11) is 0. The summed E-state index contributed by atoms with van der Waals surface area (Å²) in [5.74, 6) is 0.487. The first-order valence-electron chi connectivity index (χ1n) is 5.97. The molecule has 94 valence electrons. The number of hydrogen-bond donors (Lipinski definition) is 2. The van der Waals surface area contributed by atoms with Crippen LogP contribution in [0.25, 0.3) is 0 Å². The highest BCUT2D eigenvalue weighted by Gasteiger charge is 2.16. The Bertz CT molecular complexity index is 376. The van der Waals surface area contributed by atoms with Gasteiger partial charge in [-0.2, -0.15) is 0 Å². The molecule has 0 saturated carbocycles. The van der Waals surface area contributed by atoms with Gasteiger partial charge in [-0.05, 0) is 49.9 Å². The third-order valence-electron chi connectivity index (χ3n) is 3.27. The van der Waals surface area contributed by atoms with Crippen molar-refractivity contribution in [2.45, 2.75) is 25.7 Å². The van der Waals surface area contributed by atoms with E-state index in [9.17, 15) is 13.9 Å². The average molecular weight is 241 g/mol. The van der Waals surface area contributed by atoms with E-state index in [1.807, 2.05) is 0 Å². The van der Waals surface area contributed by atoms with Gasteiger partial charge in [0.2, 0.25) is 0 Å². The van der Waals surface area contributed by atoms with Crippen LogP contribution in [0.4, 0.5) is 8.78 Å². The summed E-state index contributed by atoms with van der Waals surface area (Å²) < 4.78 is 24.8. The average Bonchev–Trinajstić information content (AvgIpc) is 2.33. The highest BCUT2D eigenvalue weighted by atomic mass is 19.3. The fraction of sp³-hybridized carbons (Fsp3) is 0.538. The molecule has 0 aromatic heterocycles. The summed E-state index contributed by atoms with van der Waals surface area (Å²) in [5.41, 5.74) is 0.649. The molecule has 1 aromatic rings. The lowest BCUT2D eigenvalue weighted by Crippen LogP contribution is -2.30. The molecule has 2 rings (SSSR count). The van der Waals surface area contributed by atoms with E-state index in [-0.39, 0.29) is 11.3 Å². The van der Waals surface area contributed by atoms with Crippen LogP contribution in [0.1, 0.15) is 30.4 Å². The first-order valence-corrected chi connectivity index (χ1v) is 5.97. The van der Waals surface area contributed by atoms with Gasteiger partial charge in [0.25, 0.3) is 6.43 Å². The first kappa shape index (κ1) is 12.3. The molecule has 0 amide bonds. The number of phenols is 1. The van der Waals surface area contributed by atoms with Gasteiger partial charge in [0.1, 0.15) is 5.75 Å². The SMILES string of the molecule is Oc1cc(C(F)F)ccc1CC1CCCNC1. The summed E-state index contributed by atoms with van der Waals surface area (Å²) in [6.07, 6.45) is 0.498. The number of rotatable bonds is 3. The molecule has 1 unspecified atom stereocenters. The summed E-state index contributed by atoms with van der Waals surface area (Å²) in [4.78, 5) is 0. The lowest BCUT2D eigenvalue weighted by atomic mass is 9.91. The Kier molecular flexibility index (Phi) is 3.94. The van der Waals surface area contributed by atoms with Crippen molar-refractivity contribution in [3.8, 4) is 5.75 Å². The number of hydrogen-bond acceptors (Lipinski definition) is 2. The van der Waals surface area contributed by atoms with E-state index in [0.717, 1.165) is 37.9 Å². The second-order valence-electron chi connectivity index (χ2n) is 4.61. The van der Waals surface area contributed by atoms with Gasteiger partial charge < -0.3 is 10.4 Å². The molecular weight excluding hydrogens is 224 g/mol. The van der Waals surface area contributed by atoms with Crippen molar-refractivity contribution in [2.75, 3.05) is 13.1 Å². The van der Waals surface area contributed by atoms with Gasteiger partial charge in [0.15, 0.2) is 0 Å². The zero-order valence-corrected chi connectivity index (χ0v) is 9.63. The zero-order valence-electron chi connectivity index (χ0n) is 9.63. The summed E-state index contributed by atoms with van der Waals surface area (Å²) >= 11 is 0. The van der Waals surface area contributed by atoms with Crippen molar-refractivity contribution in [1.82, 2.24) is 5.32 Å². The normalized spacial score (nSPS) is 20.8. The predicted octanol–water partition coefficient (Wildman–Crippen LogP) is 2.87. The summed E-state index contributed by atoms with van der Waals surface area (Å²) in [5, 5.41) is 13.0. The lowest BCUT2D eigenvalue weighted by Gasteiger charge is -2.23. The van der Waals surface area contributed by atoms with E-state index in [1.54, 1.807) is 6.07 Å². The second-order valence-corrected chi connectivity index (χ2v) is 4.61. The number of phenolic OH excluding ortho intramolecular Hbond substituents is 1. The summed E-state index contributed by atoms with van der Waals surface area (Å²) in [6, 6.07) is 4.19. The highest BCUT2D eigenvalue weighted by molar-refractivity contribution is 5.37. The molecule has 17 heavy (non-hydrogen) atoms. The van der Waals surface area contributed by atoms with Crippen LogP contribution in [0, 0.1) is 5.92 Å². The van der Waals surface area contributed by atoms with Crippen LogP contribution in [0.15, 0.2) is 18.2 Å². The smallest absolute Gasteiger partial charge is 0.263 e. The maximum Gasteiger partial charge on any atom is 0.263 e. The molecule has 1 aliphatic rings. The second kappa shape index (κ2) is 5.45. The van der Waals surface area contributed by atoms with E-state index < -0.39 is 6.43 Å². The zero-order chi connectivity index (χ0) is 12.3. The molecule has 0 radical (unpaired) electrons. The highest BCUT2D eigenvalue weighted by Crippen LogP contribution is 2.28. The Morgan fingerprint density at radius 1 is 1.41 bits per heavy atom. The van der Waals surface area contributed by atoms with Gasteiger partial charge in [-0.25, -0.2) is 8.78 Å². The van der Waals surface area contributed by atoms with Gasteiger partial charge in [-0.15, -0.1) is 0 Å². The molecular formula is C13H17F2NO. The number of nitrogens with one attached hydrogen (secondary N) is 1. The fourth-order valence-electron chi connectivity index (χ4n) is 2.30. The van der Waals surface area contributed by atoms with E-state index in [0.29, 0.717) is 5.92 Å². The van der Waals surface area contributed by atoms with Crippen LogP contribution in [-0.4, -0.2) is 18.2 Å². The number of alkyl halides is 2. The molecule has 4 heteroatoms. The quantitative estimate of drug-likeness (QED) is 0.852. The molecule has 1 heterocycles. The van der Waals surface area contributed by atoms with Crippen LogP contribution in [0.3, 0.4) is 0 Å². The molecule has 1 saturated heterocycles. The van der Waals surface area contributed by atoms with Gasteiger partial charge in [-0.3, -0.25) is 0 Å². The third-order valence-corrected chi connectivity index (χ3v) is 3.27. The van der Waals surface area contributed by atoms with Crippen LogP contribution in [-0.2, 0) is 6.42 Å². The molecule has 1 aliphatic heterocycles. The Morgan fingerprint density at radius 3 is 2.82 bits per heavy atom. The van der Waals surface area contributed by atoms with E-state index in [4.69, 9.17) is 0 Å². The number of piperidine rings is 1. The Balaban J connectivity index is 2.05. The van der Waals surface area contributed by atoms with Crippen LogP contribution in [0.5, 0.6) is 5.75 Å². The minimum Gasteiger partial charge on any atom is -0.508 e. The lowest BCUT2D eigenvalue weighted by molar-refractivity contribution is 0.151. The fourth-order valence-corrected chi connectivity index (χ4v) is 2.30. The van der Waals surface area contributed by atoms with Crippen molar-refractivity contribution >= 4 is 0 Å². The first-order chi connectivity index (χ1) is 8.16. The molecule has 2 nitrogen and oxygen atoms in total. The van der Waals surface area contributed by atoms with Crippen molar-refractivity contribution < 1.29 is 13.9 Å². The summed E-state index contributed by atoms with van der Waals surface area (Å²) in [6.45, 7) is 1.99. The van der Waals surface area contributed by atoms with Gasteiger partial charge >= 0.3 is 0 Å². The van der Waals surface area contributed by atoms with Gasteiger partial charge in [0.05, 0.1) is 0 Å². The number of halogens is 2. The monoisotopic (exact) mass is 241 g/mol. The van der Waals surface area contributed by atoms with E-state index in [2.05, 4.69) is 5.32 Å². The number of aromatic hydroxyl groups is 1. The van der Waals surface area contributed by atoms with E-state index >= 15 is 0 Å². The third kappa shape index (κ3) is 3.16. The van der Waals surface area contributed by atoms with Crippen LogP contribution < -0.4 is 5.32 Å². The largest absolute Gasteiger partial charge is 0.508 e. The maximum absolute atomic E-state index is 12.4. The Morgan fingerprint density at radius 2 is 2.24 bits per heavy atom. The Labute approximate surface area is 99.7 Å². The van der Waals surface area contributed by atoms with Crippen molar-refractivity contribution in [1.29, 1.82) is 0 Å². The molecule has 1 fully saturated rings. The van der Waals surface area contributed by atoms with Gasteiger partial charge in [-0.1, -0.05) is 12.1 Å². The Hall–Kier alpha value is -1.16. The minimum absolute atomic E-state index is 0.00614. The van der Waals surface area contributed by atoms with Crippen LogP contribution >= 0.6 is 0 Å². The topological polar surface area (TPSA) is 32.3 Å². The number of benzene rings is 1. The molecule has 2 N–H and O–H groups in total. The van der Waals surface area contributed by atoms with Crippen molar-refractivity contribution in [3.05, 3.63) is 29.3 Å². The molecule has 0 bridgehead atoms. The van der Waals surface area contributed by atoms with Crippen molar-refractivity contribution in [3.63, 3.8) is 0 Å². The minimum atomic E-state index is -2.52. The predicted molar refractivity (Wildman–Crippen MR) is 62.4 cm³/mol. The van der Waals surface area contributed by atoms with Crippen LogP contribution in [0.2, 0.25) is 0 Å².